The van der Waals surface area contributed by atoms with Crippen LogP contribution >= 0.6 is 15.9 Å². The highest BCUT2D eigenvalue weighted by molar-refractivity contribution is 9.10. The molecule has 0 aromatic heterocycles. The van der Waals surface area contributed by atoms with Crippen molar-refractivity contribution >= 4 is 27.7 Å². The number of hydrogen-bond acceptors (Lipinski definition) is 3. The summed E-state index contributed by atoms with van der Waals surface area (Å²) in [4.78, 5) is 28.9. The van der Waals surface area contributed by atoms with Gasteiger partial charge in [0.2, 0.25) is 5.91 Å². The zero-order valence-corrected chi connectivity index (χ0v) is 23.3. The second kappa shape index (κ2) is 13.6. The molecule has 1 atom stereocenters. The molecule has 7 heteroatoms. The number of amides is 2. The van der Waals surface area contributed by atoms with Gasteiger partial charge >= 0.3 is 0 Å². The fourth-order valence-electron chi connectivity index (χ4n) is 4.84. The van der Waals surface area contributed by atoms with E-state index < -0.39 is 11.9 Å². The summed E-state index contributed by atoms with van der Waals surface area (Å²) in [5.74, 6) is -0.462. The molecule has 200 valence electrons. The molecule has 2 amide bonds. The number of halogens is 2. The Morgan fingerprint density at radius 2 is 1.74 bits per heavy atom. The number of benzene rings is 3. The molecule has 0 radical (unpaired) electrons. The molecule has 4 rings (SSSR count). The number of nitrogens with one attached hydrogen (secondary N) is 1. The van der Waals surface area contributed by atoms with Crippen molar-refractivity contribution in [2.24, 2.45) is 0 Å². The minimum atomic E-state index is -0.818. The summed E-state index contributed by atoms with van der Waals surface area (Å²) in [6.45, 7) is 1.64. The minimum Gasteiger partial charge on any atom is -0.484 e. The van der Waals surface area contributed by atoms with Gasteiger partial charge in [-0.3, -0.25) is 9.59 Å². The van der Waals surface area contributed by atoms with Crippen LogP contribution in [0.2, 0.25) is 0 Å². The van der Waals surface area contributed by atoms with Crippen molar-refractivity contribution in [1.29, 1.82) is 0 Å². The van der Waals surface area contributed by atoms with E-state index in [1.54, 1.807) is 24.3 Å². The van der Waals surface area contributed by atoms with Crippen LogP contribution in [0.1, 0.15) is 48.8 Å². The van der Waals surface area contributed by atoms with Crippen molar-refractivity contribution in [2.75, 3.05) is 6.61 Å². The van der Waals surface area contributed by atoms with Crippen molar-refractivity contribution in [3.8, 4) is 5.75 Å². The van der Waals surface area contributed by atoms with Crippen LogP contribution in [0.25, 0.3) is 0 Å². The third-order valence-corrected chi connectivity index (χ3v) is 7.90. The van der Waals surface area contributed by atoms with E-state index >= 15 is 0 Å². The summed E-state index contributed by atoms with van der Waals surface area (Å²) in [7, 11) is 0. The summed E-state index contributed by atoms with van der Waals surface area (Å²) in [6.07, 6.45) is 5.50. The van der Waals surface area contributed by atoms with Gasteiger partial charge in [-0.1, -0.05) is 83.7 Å². The predicted molar refractivity (Wildman–Crippen MR) is 150 cm³/mol. The maximum Gasteiger partial charge on any atom is 0.261 e. The molecule has 1 aliphatic carbocycles. The van der Waals surface area contributed by atoms with Crippen LogP contribution < -0.4 is 10.1 Å². The SMILES string of the molecule is Cc1cc(OCC(=O)N(Cc2ccccc2F)[C@@H](Cc2ccccc2)C(=O)NC2CCCCC2)ccc1Br. The quantitative estimate of drug-likeness (QED) is 0.303. The van der Waals surface area contributed by atoms with Crippen molar-refractivity contribution in [2.45, 2.75) is 64.1 Å². The normalized spacial score (nSPS) is 14.5. The summed E-state index contributed by atoms with van der Waals surface area (Å²) < 4.78 is 21.5. The summed E-state index contributed by atoms with van der Waals surface area (Å²) in [5, 5.41) is 3.19. The van der Waals surface area contributed by atoms with Gasteiger partial charge in [-0.05, 0) is 55.2 Å². The Kier molecular flexibility index (Phi) is 9.93. The molecule has 0 spiro atoms. The molecular weight excluding hydrogens is 547 g/mol. The average Bonchev–Trinajstić information content (AvgIpc) is 2.93. The lowest BCUT2D eigenvalue weighted by molar-refractivity contribution is -0.143. The average molecular weight is 582 g/mol. The largest absolute Gasteiger partial charge is 0.484 e. The third-order valence-electron chi connectivity index (χ3n) is 7.01. The van der Waals surface area contributed by atoms with E-state index in [1.807, 2.05) is 49.4 Å². The van der Waals surface area contributed by atoms with Gasteiger partial charge in [0.25, 0.3) is 5.91 Å². The number of nitrogens with zero attached hydrogens (tertiary/aromatic N) is 1. The molecule has 3 aromatic rings. The third kappa shape index (κ3) is 7.67. The lowest BCUT2D eigenvalue weighted by Crippen LogP contribution is -2.53. The molecule has 1 saturated carbocycles. The van der Waals surface area contributed by atoms with Crippen LogP contribution in [0.5, 0.6) is 5.75 Å². The van der Waals surface area contributed by atoms with Crippen molar-refractivity contribution in [3.63, 3.8) is 0 Å². The Bertz CT molecular complexity index is 1230. The molecule has 0 aliphatic heterocycles. The second-order valence-electron chi connectivity index (χ2n) is 9.86. The number of aryl methyl sites for hydroxylation is 1. The van der Waals surface area contributed by atoms with Gasteiger partial charge in [0.1, 0.15) is 17.6 Å². The number of rotatable bonds is 10. The first-order chi connectivity index (χ1) is 18.4. The first kappa shape index (κ1) is 27.8. The van der Waals surface area contributed by atoms with E-state index in [0.29, 0.717) is 17.7 Å². The number of carbonyl (C=O) groups is 2. The highest BCUT2D eigenvalue weighted by atomic mass is 79.9. The monoisotopic (exact) mass is 580 g/mol. The zero-order valence-electron chi connectivity index (χ0n) is 21.7. The van der Waals surface area contributed by atoms with Gasteiger partial charge in [0, 0.05) is 29.0 Å². The van der Waals surface area contributed by atoms with Crippen LogP contribution in [0.3, 0.4) is 0 Å². The first-order valence-corrected chi connectivity index (χ1v) is 14.0. The molecule has 0 bridgehead atoms. The topological polar surface area (TPSA) is 58.6 Å². The van der Waals surface area contributed by atoms with Crippen molar-refractivity contribution in [1.82, 2.24) is 10.2 Å². The maximum atomic E-state index is 14.7. The molecule has 0 heterocycles. The Labute approximate surface area is 232 Å². The van der Waals surface area contributed by atoms with Gasteiger partial charge in [-0.15, -0.1) is 0 Å². The molecule has 0 unspecified atom stereocenters. The number of hydrogen-bond donors (Lipinski definition) is 1. The van der Waals surface area contributed by atoms with Gasteiger partial charge in [-0.2, -0.15) is 0 Å². The Morgan fingerprint density at radius 1 is 1.03 bits per heavy atom. The van der Waals surface area contributed by atoms with Crippen molar-refractivity contribution < 1.29 is 18.7 Å². The minimum absolute atomic E-state index is 0.0379. The van der Waals surface area contributed by atoms with Gasteiger partial charge in [0.15, 0.2) is 6.61 Å². The lowest BCUT2D eigenvalue weighted by atomic mass is 9.94. The van der Waals surface area contributed by atoms with Gasteiger partial charge < -0.3 is 15.0 Å². The lowest BCUT2D eigenvalue weighted by Gasteiger charge is -2.33. The summed E-state index contributed by atoms with van der Waals surface area (Å²) in [5.41, 5.74) is 2.25. The van der Waals surface area contributed by atoms with Gasteiger partial charge in [-0.25, -0.2) is 4.39 Å². The van der Waals surface area contributed by atoms with Crippen LogP contribution in [-0.4, -0.2) is 35.4 Å². The van der Waals surface area contributed by atoms with Crippen LogP contribution in [-0.2, 0) is 22.6 Å². The predicted octanol–water partition coefficient (Wildman–Crippen LogP) is 6.36. The van der Waals surface area contributed by atoms with E-state index in [9.17, 15) is 14.0 Å². The molecule has 1 fully saturated rings. The van der Waals surface area contributed by atoms with E-state index in [1.165, 1.54) is 17.4 Å². The highest BCUT2D eigenvalue weighted by Gasteiger charge is 2.32. The molecule has 1 aliphatic rings. The van der Waals surface area contributed by atoms with E-state index in [2.05, 4.69) is 21.2 Å². The van der Waals surface area contributed by atoms with E-state index in [-0.39, 0.29) is 31.0 Å². The fraction of sp³-hybridized carbons (Fsp3) is 0.355. The van der Waals surface area contributed by atoms with E-state index in [4.69, 9.17) is 4.74 Å². The van der Waals surface area contributed by atoms with Crippen LogP contribution in [0.4, 0.5) is 4.39 Å². The van der Waals surface area contributed by atoms with Crippen molar-refractivity contribution in [3.05, 3.63) is 99.8 Å². The maximum absolute atomic E-state index is 14.7. The van der Waals surface area contributed by atoms with Gasteiger partial charge in [0.05, 0.1) is 0 Å². The summed E-state index contributed by atoms with van der Waals surface area (Å²) >= 11 is 3.47. The standard InChI is InChI=1S/C31H34BrFN2O3/c1-22-18-26(16-17-27(22)32)38-21-30(36)35(20-24-12-8-9-15-28(24)33)29(19-23-10-4-2-5-11-23)31(37)34-25-13-6-3-7-14-25/h2,4-5,8-12,15-18,25,29H,3,6-7,13-14,19-21H2,1H3,(H,34,37)/t29-/m0/s1. The van der Waals surface area contributed by atoms with E-state index in [0.717, 1.165) is 41.3 Å². The zero-order chi connectivity index (χ0) is 26.9. The molecule has 1 N–H and O–H groups in total. The molecule has 3 aromatic carbocycles. The smallest absolute Gasteiger partial charge is 0.261 e. The molecule has 0 saturated heterocycles. The fourth-order valence-corrected chi connectivity index (χ4v) is 5.09. The molecular formula is C31H34BrFN2O3. The number of ether oxygens (including phenoxy) is 1. The first-order valence-electron chi connectivity index (χ1n) is 13.2. The highest BCUT2D eigenvalue weighted by Crippen LogP contribution is 2.23. The van der Waals surface area contributed by atoms with Crippen LogP contribution in [0, 0.1) is 12.7 Å². The summed E-state index contributed by atoms with van der Waals surface area (Å²) in [6, 6.07) is 20.7. The Morgan fingerprint density at radius 3 is 2.45 bits per heavy atom. The molecule has 5 nitrogen and oxygen atoms in total. The Hall–Kier alpha value is -3.19. The second-order valence-corrected chi connectivity index (χ2v) is 10.7. The van der Waals surface area contributed by atoms with Crippen LogP contribution in [0.15, 0.2) is 77.3 Å². The Balaban J connectivity index is 1.62. The number of carbonyl (C=O) groups excluding carboxylic acids is 2. The molecule has 38 heavy (non-hydrogen) atoms.